The molecule has 1 heterocycles. The Morgan fingerprint density at radius 2 is 1.40 bits per heavy atom. The Morgan fingerprint density at radius 1 is 0.967 bits per heavy atom. The van der Waals surface area contributed by atoms with Gasteiger partial charge in [-0.1, -0.05) is 0 Å². The van der Waals surface area contributed by atoms with Gasteiger partial charge in [0.1, 0.15) is 6.10 Å². The fraction of sp³-hybridized carbons (Fsp3) is 0.526. The van der Waals surface area contributed by atoms with Crippen LogP contribution in [0.5, 0.6) is 0 Å². The first-order valence-corrected chi connectivity index (χ1v) is 12.3. The second-order valence-electron chi connectivity index (χ2n) is 8.31. The third-order valence-electron chi connectivity index (χ3n) is 4.96. The number of hydroxylamine groups is 2. The Balaban J connectivity index is 2.56. The van der Waals surface area contributed by atoms with Gasteiger partial charge in [-0.25, -0.2) is 4.79 Å². The van der Waals surface area contributed by atoms with Crippen molar-refractivity contribution in [2.75, 3.05) is 10.6 Å². The molecule has 1 aromatic carbocycles. The van der Waals surface area contributed by atoms with Crippen molar-refractivity contribution in [1.29, 1.82) is 0 Å². The highest BCUT2D eigenvalue weighted by molar-refractivity contribution is 14.1. The zero-order valence-electron chi connectivity index (χ0n) is 17.4. The number of hydrogen-bond acceptors (Lipinski definition) is 6. The van der Waals surface area contributed by atoms with Crippen LogP contribution in [-0.4, -0.2) is 45.2 Å². The third kappa shape index (κ3) is 5.04. The predicted molar refractivity (Wildman–Crippen MR) is 139 cm³/mol. The number of hydrogen-bond donors (Lipinski definition) is 3. The smallest absolute Gasteiger partial charge is 0.340 e. The molecule has 1 aromatic rings. The van der Waals surface area contributed by atoms with E-state index in [1.54, 1.807) is 0 Å². The molecule has 0 aromatic heterocycles. The minimum atomic E-state index is -0.778. The van der Waals surface area contributed by atoms with E-state index in [1.807, 2.05) is 95.5 Å². The molecule has 0 aliphatic carbocycles. The number of anilines is 2. The van der Waals surface area contributed by atoms with Crippen molar-refractivity contribution in [3.63, 3.8) is 0 Å². The van der Waals surface area contributed by atoms with Crippen LogP contribution in [0.15, 0.2) is 0 Å². The highest BCUT2D eigenvalue weighted by Gasteiger charge is 2.53. The summed E-state index contributed by atoms with van der Waals surface area (Å²) in [5.41, 5.74) is -0.192. The lowest BCUT2D eigenvalue weighted by Crippen LogP contribution is -2.49. The normalized spacial score (nSPS) is 20.0. The highest BCUT2D eigenvalue weighted by Crippen LogP contribution is 2.43. The van der Waals surface area contributed by atoms with Crippen LogP contribution in [0.1, 0.15) is 58.3 Å². The molecule has 2 rings (SSSR count). The van der Waals surface area contributed by atoms with Gasteiger partial charge in [-0.3, -0.25) is 9.59 Å². The van der Waals surface area contributed by atoms with Crippen molar-refractivity contribution in [3.8, 4) is 0 Å². The standard InChI is InChI=1S/C19H24I3N3O5/c1-8(26)23-15-12(20)11(13(21)16(14(15)22)24-9(2)27)17(28)30-10-7-18(3,4)25(29)19(10,5)6/h10,29H,7H2,1-6H3,(H,23,26)(H,24,27). The maximum absolute atomic E-state index is 13.3. The third-order valence-corrected chi connectivity index (χ3v) is 8.20. The van der Waals surface area contributed by atoms with E-state index >= 15 is 0 Å². The Hall–Kier alpha value is -0.260. The van der Waals surface area contributed by atoms with E-state index in [4.69, 9.17) is 4.74 Å². The molecular weight excluding hydrogens is 731 g/mol. The fourth-order valence-electron chi connectivity index (χ4n) is 3.50. The number of halogens is 3. The van der Waals surface area contributed by atoms with E-state index in [0.717, 1.165) is 0 Å². The fourth-order valence-corrected chi connectivity index (χ4v) is 7.64. The molecule has 2 amide bonds. The lowest BCUT2D eigenvalue weighted by molar-refractivity contribution is -0.201. The Labute approximate surface area is 216 Å². The zero-order valence-corrected chi connectivity index (χ0v) is 23.9. The van der Waals surface area contributed by atoms with Gasteiger partial charge in [-0.05, 0) is 95.5 Å². The van der Waals surface area contributed by atoms with Gasteiger partial charge >= 0.3 is 5.97 Å². The Bertz CT molecular complexity index is 874. The summed E-state index contributed by atoms with van der Waals surface area (Å²) in [5.74, 6) is -1.17. The minimum absolute atomic E-state index is 0.258. The van der Waals surface area contributed by atoms with Crippen molar-refractivity contribution in [2.24, 2.45) is 0 Å². The molecule has 166 valence electrons. The van der Waals surface area contributed by atoms with E-state index in [1.165, 1.54) is 18.9 Å². The van der Waals surface area contributed by atoms with Crippen molar-refractivity contribution in [1.82, 2.24) is 5.06 Å². The number of amides is 2. The summed E-state index contributed by atoms with van der Waals surface area (Å²) in [4.78, 5) is 36.7. The molecule has 1 saturated heterocycles. The molecule has 3 N–H and O–H groups in total. The van der Waals surface area contributed by atoms with Crippen molar-refractivity contribution in [2.45, 2.75) is 65.1 Å². The highest BCUT2D eigenvalue weighted by atomic mass is 127. The molecule has 11 heteroatoms. The SMILES string of the molecule is CC(=O)Nc1c(I)c(NC(C)=O)c(I)c(C(=O)OC2CC(C)(C)N(O)C2(C)C)c1I. The molecule has 0 radical (unpaired) electrons. The van der Waals surface area contributed by atoms with Gasteiger partial charge in [-0.15, -0.1) is 0 Å². The molecule has 1 unspecified atom stereocenters. The first-order valence-electron chi connectivity index (χ1n) is 9.07. The van der Waals surface area contributed by atoms with Crippen LogP contribution < -0.4 is 10.6 Å². The molecule has 0 bridgehead atoms. The summed E-state index contributed by atoms with van der Waals surface area (Å²) in [5, 5.41) is 17.2. The van der Waals surface area contributed by atoms with Crippen LogP contribution in [0.25, 0.3) is 0 Å². The predicted octanol–water partition coefficient (Wildman–Crippen LogP) is 4.59. The summed E-state index contributed by atoms with van der Waals surface area (Å²) in [6, 6.07) is 0. The number of carbonyl (C=O) groups is 3. The van der Waals surface area contributed by atoms with Gasteiger partial charge < -0.3 is 20.6 Å². The van der Waals surface area contributed by atoms with Crippen molar-refractivity contribution in [3.05, 3.63) is 16.3 Å². The maximum Gasteiger partial charge on any atom is 0.340 e. The summed E-state index contributed by atoms with van der Waals surface area (Å²) in [6.07, 6.45) is -0.0963. The second kappa shape index (κ2) is 9.31. The average molecular weight is 755 g/mol. The number of nitrogens with one attached hydrogen (secondary N) is 2. The average Bonchev–Trinajstić information content (AvgIpc) is 2.74. The van der Waals surface area contributed by atoms with Crippen LogP contribution in [0, 0.1) is 10.7 Å². The number of rotatable bonds is 4. The van der Waals surface area contributed by atoms with Gasteiger partial charge in [0.2, 0.25) is 11.8 Å². The largest absolute Gasteiger partial charge is 0.457 e. The molecule has 1 atom stereocenters. The molecule has 0 saturated carbocycles. The van der Waals surface area contributed by atoms with E-state index < -0.39 is 23.2 Å². The van der Waals surface area contributed by atoms with Gasteiger partial charge in [0.05, 0.1) is 33.2 Å². The lowest BCUT2D eigenvalue weighted by atomic mass is 9.97. The van der Waals surface area contributed by atoms with Crippen molar-refractivity contribution < 1.29 is 24.3 Å². The molecule has 0 spiro atoms. The number of carbonyl (C=O) groups excluding carboxylic acids is 3. The van der Waals surface area contributed by atoms with Crippen LogP contribution >= 0.6 is 67.8 Å². The quantitative estimate of drug-likeness (QED) is 0.307. The van der Waals surface area contributed by atoms with Gasteiger partial charge in [0.25, 0.3) is 0 Å². The zero-order chi connectivity index (χ0) is 23.2. The maximum atomic E-state index is 13.3. The van der Waals surface area contributed by atoms with Gasteiger partial charge in [-0.2, -0.15) is 5.06 Å². The first-order chi connectivity index (χ1) is 13.6. The molecular formula is C19H24I3N3O5. The monoisotopic (exact) mass is 755 g/mol. The second-order valence-corrected chi connectivity index (χ2v) is 11.5. The van der Waals surface area contributed by atoms with Crippen molar-refractivity contribution >= 4 is 96.9 Å². The Kier molecular flexibility index (Phi) is 8.07. The van der Waals surface area contributed by atoms with E-state index in [0.29, 0.717) is 28.5 Å². The number of benzene rings is 1. The van der Waals surface area contributed by atoms with Crippen LogP contribution in [0.2, 0.25) is 0 Å². The molecule has 1 aliphatic heterocycles. The van der Waals surface area contributed by atoms with E-state index in [9.17, 15) is 19.6 Å². The van der Waals surface area contributed by atoms with E-state index in [2.05, 4.69) is 10.6 Å². The summed E-state index contributed by atoms with van der Waals surface area (Å²) in [7, 11) is 0. The number of esters is 1. The Morgan fingerprint density at radius 3 is 1.73 bits per heavy atom. The summed E-state index contributed by atoms with van der Waals surface area (Å²) >= 11 is 6.03. The van der Waals surface area contributed by atoms with Gasteiger partial charge in [0, 0.05) is 25.8 Å². The lowest BCUT2D eigenvalue weighted by Gasteiger charge is -2.35. The molecule has 1 aliphatic rings. The van der Waals surface area contributed by atoms with Crippen LogP contribution in [0.3, 0.4) is 0 Å². The topological polar surface area (TPSA) is 108 Å². The van der Waals surface area contributed by atoms with Crippen LogP contribution in [0.4, 0.5) is 11.4 Å². The summed E-state index contributed by atoms with van der Waals surface area (Å²) < 4.78 is 7.52. The minimum Gasteiger partial charge on any atom is -0.457 e. The van der Waals surface area contributed by atoms with Crippen LogP contribution in [-0.2, 0) is 14.3 Å². The molecule has 30 heavy (non-hydrogen) atoms. The first kappa shape index (κ1) is 26.0. The van der Waals surface area contributed by atoms with Gasteiger partial charge in [0.15, 0.2) is 0 Å². The van der Waals surface area contributed by atoms with E-state index in [-0.39, 0.29) is 17.4 Å². The molecule has 1 fully saturated rings. The molecule has 8 nitrogen and oxygen atoms in total. The summed E-state index contributed by atoms with van der Waals surface area (Å²) in [6.45, 7) is 10.1. The number of nitrogens with zero attached hydrogens (tertiary/aromatic N) is 1. The number of ether oxygens (including phenoxy) is 1.